The van der Waals surface area contributed by atoms with Gasteiger partial charge < -0.3 is 4.74 Å². The van der Waals surface area contributed by atoms with Gasteiger partial charge in [-0.05, 0) is 49.4 Å². The maximum absolute atomic E-state index is 13.2. The van der Waals surface area contributed by atoms with Crippen molar-refractivity contribution >= 4 is 21.6 Å². The summed E-state index contributed by atoms with van der Waals surface area (Å²) in [6.45, 7) is 1.92. The van der Waals surface area contributed by atoms with Crippen LogP contribution in [-0.4, -0.2) is 17.8 Å². The zero-order valence-electron chi connectivity index (χ0n) is 17.0. The number of hydrogen-bond acceptors (Lipinski definition) is 6. The summed E-state index contributed by atoms with van der Waals surface area (Å²) in [7, 11) is -4.15. The zero-order valence-corrected chi connectivity index (χ0v) is 17.8. The predicted molar refractivity (Wildman–Crippen MR) is 120 cm³/mol. The lowest BCUT2D eigenvalue weighted by Gasteiger charge is -2.10. The summed E-state index contributed by atoms with van der Waals surface area (Å²) in [6, 6.07) is 21.3. The van der Waals surface area contributed by atoms with Gasteiger partial charge in [0.25, 0.3) is 5.56 Å². The standard InChI is InChI=1S/C24H17N3O4S/c1-17-10-12-18(13-11-17)31-23-21(24(28)27-14-6-5-9-22(27)26-23)15-20(16-25)32(29,30)19-7-3-2-4-8-19/h2-15H,1H3/b20-15+. The van der Waals surface area contributed by atoms with Gasteiger partial charge in [0.15, 0.2) is 0 Å². The highest BCUT2D eigenvalue weighted by atomic mass is 32.2. The molecular weight excluding hydrogens is 426 g/mol. The fourth-order valence-corrected chi connectivity index (χ4v) is 4.19. The summed E-state index contributed by atoms with van der Waals surface area (Å²) in [5.74, 6) is 0.322. The lowest BCUT2D eigenvalue weighted by Crippen LogP contribution is -2.19. The number of nitriles is 1. The molecule has 158 valence electrons. The van der Waals surface area contributed by atoms with Gasteiger partial charge in [-0.1, -0.05) is 42.0 Å². The predicted octanol–water partition coefficient (Wildman–Crippen LogP) is 4.13. The molecule has 2 aromatic carbocycles. The van der Waals surface area contributed by atoms with Gasteiger partial charge in [-0.15, -0.1) is 0 Å². The molecule has 0 aliphatic heterocycles. The molecule has 0 N–H and O–H groups in total. The SMILES string of the molecule is Cc1ccc(Oc2nc3ccccn3c(=O)c2/C=C(\C#N)S(=O)(=O)c2ccccc2)cc1. The van der Waals surface area contributed by atoms with Gasteiger partial charge in [0, 0.05) is 6.20 Å². The summed E-state index contributed by atoms with van der Waals surface area (Å²) >= 11 is 0. The molecule has 0 saturated heterocycles. The molecular formula is C24H17N3O4S. The Labute approximate surface area is 184 Å². The van der Waals surface area contributed by atoms with Crippen molar-refractivity contribution in [3.63, 3.8) is 0 Å². The van der Waals surface area contributed by atoms with Crippen LogP contribution in [0.5, 0.6) is 11.6 Å². The van der Waals surface area contributed by atoms with Crippen LogP contribution in [0.3, 0.4) is 0 Å². The number of hydrogen-bond donors (Lipinski definition) is 0. The van der Waals surface area contributed by atoms with Crippen LogP contribution in [0.2, 0.25) is 0 Å². The Bertz CT molecular complexity index is 1530. The molecule has 8 heteroatoms. The third kappa shape index (κ3) is 4.02. The number of fused-ring (bicyclic) bond motifs is 1. The minimum absolute atomic E-state index is 0.0531. The van der Waals surface area contributed by atoms with Gasteiger partial charge in [-0.2, -0.15) is 10.2 Å². The molecule has 7 nitrogen and oxygen atoms in total. The molecule has 4 aromatic rings. The molecule has 0 fully saturated rings. The van der Waals surface area contributed by atoms with Crippen molar-refractivity contribution < 1.29 is 13.2 Å². The van der Waals surface area contributed by atoms with Crippen molar-refractivity contribution in [1.29, 1.82) is 5.26 Å². The van der Waals surface area contributed by atoms with Gasteiger partial charge in [-0.3, -0.25) is 9.20 Å². The van der Waals surface area contributed by atoms with Crippen LogP contribution in [-0.2, 0) is 9.84 Å². The third-order valence-electron chi connectivity index (χ3n) is 4.70. The second-order valence-electron chi connectivity index (χ2n) is 6.92. The summed E-state index contributed by atoms with van der Waals surface area (Å²) in [4.78, 5) is 16.9. The number of pyridine rings is 1. The van der Waals surface area contributed by atoms with E-state index in [4.69, 9.17) is 4.74 Å². The van der Waals surface area contributed by atoms with Crippen LogP contribution in [0, 0.1) is 18.3 Å². The molecule has 0 aliphatic carbocycles. The summed E-state index contributed by atoms with van der Waals surface area (Å²) < 4.78 is 33.1. The van der Waals surface area contributed by atoms with E-state index in [1.54, 1.807) is 54.6 Å². The first kappa shape index (κ1) is 21.0. The minimum Gasteiger partial charge on any atom is -0.438 e. The molecule has 4 rings (SSSR count). The first-order valence-corrected chi connectivity index (χ1v) is 11.1. The number of aryl methyl sites for hydroxylation is 1. The van der Waals surface area contributed by atoms with Crippen molar-refractivity contribution in [2.45, 2.75) is 11.8 Å². The van der Waals surface area contributed by atoms with Crippen LogP contribution in [0.25, 0.3) is 11.7 Å². The fourth-order valence-electron chi connectivity index (χ4n) is 3.03. The average molecular weight is 443 g/mol. The highest BCUT2D eigenvalue weighted by Crippen LogP contribution is 2.26. The maximum atomic E-state index is 13.2. The Morgan fingerprint density at radius 3 is 2.41 bits per heavy atom. The van der Waals surface area contributed by atoms with Gasteiger partial charge in [0.05, 0.1) is 4.90 Å². The van der Waals surface area contributed by atoms with Crippen LogP contribution in [0.1, 0.15) is 11.1 Å². The molecule has 0 bridgehead atoms. The smallest absolute Gasteiger partial charge is 0.269 e. The van der Waals surface area contributed by atoms with E-state index in [1.165, 1.54) is 22.7 Å². The molecule has 32 heavy (non-hydrogen) atoms. The minimum atomic E-state index is -4.15. The van der Waals surface area contributed by atoms with E-state index in [2.05, 4.69) is 4.98 Å². The van der Waals surface area contributed by atoms with E-state index in [-0.39, 0.29) is 16.3 Å². The maximum Gasteiger partial charge on any atom is 0.269 e. The first-order chi connectivity index (χ1) is 15.4. The van der Waals surface area contributed by atoms with Crippen LogP contribution >= 0.6 is 0 Å². The second-order valence-corrected chi connectivity index (χ2v) is 8.83. The van der Waals surface area contributed by atoms with E-state index < -0.39 is 20.3 Å². The molecule has 0 spiro atoms. The largest absolute Gasteiger partial charge is 0.438 e. The Balaban J connectivity index is 1.93. The van der Waals surface area contributed by atoms with Crippen molar-refractivity contribution in [1.82, 2.24) is 9.38 Å². The van der Waals surface area contributed by atoms with Crippen molar-refractivity contribution in [3.8, 4) is 17.7 Å². The molecule has 0 unspecified atom stereocenters. The van der Waals surface area contributed by atoms with Crippen molar-refractivity contribution in [2.24, 2.45) is 0 Å². The van der Waals surface area contributed by atoms with Crippen LogP contribution in [0.4, 0.5) is 0 Å². The van der Waals surface area contributed by atoms with Gasteiger partial charge in [0.2, 0.25) is 15.7 Å². The van der Waals surface area contributed by atoms with E-state index in [0.29, 0.717) is 11.4 Å². The van der Waals surface area contributed by atoms with E-state index in [9.17, 15) is 18.5 Å². The second kappa shape index (κ2) is 8.49. The van der Waals surface area contributed by atoms with Gasteiger partial charge >= 0.3 is 0 Å². The number of allylic oxidation sites excluding steroid dienone is 1. The summed E-state index contributed by atoms with van der Waals surface area (Å²) in [5.41, 5.74) is 0.630. The number of sulfone groups is 1. The molecule has 0 amide bonds. The Kier molecular flexibility index (Phi) is 5.58. The number of nitrogens with zero attached hydrogens (tertiary/aromatic N) is 3. The molecule has 0 saturated carbocycles. The highest BCUT2D eigenvalue weighted by Gasteiger charge is 2.23. The number of rotatable bonds is 5. The van der Waals surface area contributed by atoms with Crippen molar-refractivity contribution in [2.75, 3.05) is 0 Å². The highest BCUT2D eigenvalue weighted by molar-refractivity contribution is 7.95. The molecule has 2 aromatic heterocycles. The Hall–Kier alpha value is -4.22. The van der Waals surface area contributed by atoms with E-state index in [0.717, 1.165) is 11.6 Å². The first-order valence-electron chi connectivity index (χ1n) is 9.58. The number of benzene rings is 2. The van der Waals surface area contributed by atoms with E-state index >= 15 is 0 Å². The normalized spacial score (nSPS) is 11.8. The molecule has 0 atom stereocenters. The quantitative estimate of drug-likeness (QED) is 0.430. The average Bonchev–Trinajstić information content (AvgIpc) is 2.81. The number of aromatic nitrogens is 2. The third-order valence-corrected chi connectivity index (χ3v) is 6.38. The molecule has 2 heterocycles. The summed E-state index contributed by atoms with van der Waals surface area (Å²) in [6.07, 6.45) is 2.52. The zero-order chi connectivity index (χ0) is 22.7. The summed E-state index contributed by atoms with van der Waals surface area (Å²) in [5, 5.41) is 9.63. The van der Waals surface area contributed by atoms with Crippen molar-refractivity contribution in [3.05, 3.63) is 105 Å². The van der Waals surface area contributed by atoms with Crippen LogP contribution < -0.4 is 10.3 Å². The Morgan fingerprint density at radius 1 is 1.03 bits per heavy atom. The topological polar surface area (TPSA) is 102 Å². The lowest BCUT2D eigenvalue weighted by atomic mass is 10.2. The van der Waals surface area contributed by atoms with Gasteiger partial charge in [-0.25, -0.2) is 8.42 Å². The van der Waals surface area contributed by atoms with Crippen LogP contribution in [0.15, 0.2) is 93.6 Å². The van der Waals surface area contributed by atoms with E-state index in [1.807, 2.05) is 19.1 Å². The number of ether oxygens (including phenoxy) is 1. The lowest BCUT2D eigenvalue weighted by molar-refractivity contribution is 0.461. The molecule has 0 radical (unpaired) electrons. The van der Waals surface area contributed by atoms with Gasteiger partial charge in [0.1, 0.15) is 27.9 Å². The molecule has 0 aliphatic rings. The Morgan fingerprint density at radius 2 is 1.72 bits per heavy atom. The fraction of sp³-hybridized carbons (Fsp3) is 0.0417. The monoisotopic (exact) mass is 443 g/mol.